The van der Waals surface area contributed by atoms with Gasteiger partial charge in [-0.3, -0.25) is 0 Å². The highest BCUT2D eigenvalue weighted by atomic mass is 79.9. The highest BCUT2D eigenvalue weighted by Gasteiger charge is 2.13. The van der Waals surface area contributed by atoms with Crippen molar-refractivity contribution in [2.24, 2.45) is 0 Å². The molecule has 1 N–H and O–H groups in total. The zero-order valence-corrected chi connectivity index (χ0v) is 15.2. The van der Waals surface area contributed by atoms with Crippen molar-refractivity contribution in [3.8, 4) is 28.4 Å². The van der Waals surface area contributed by atoms with Crippen LogP contribution in [-0.2, 0) is 0 Å². The zero-order chi connectivity index (χ0) is 17.4. The maximum Gasteiger partial charge on any atom is 0.119 e. The smallest absolute Gasteiger partial charge is 0.119 e. The number of phenols is 1. The van der Waals surface area contributed by atoms with E-state index in [-0.39, 0.29) is 5.75 Å². The highest BCUT2D eigenvalue weighted by Crippen LogP contribution is 2.34. The predicted octanol–water partition coefficient (Wildman–Crippen LogP) is 5.77. The minimum Gasteiger partial charge on any atom is -0.508 e. The maximum absolute atomic E-state index is 9.62. The summed E-state index contributed by atoms with van der Waals surface area (Å²) in [6, 6.07) is 23.7. The summed E-state index contributed by atoms with van der Waals surface area (Å²) in [6.07, 6.45) is 0. The van der Waals surface area contributed by atoms with Crippen LogP contribution in [0.3, 0.4) is 0 Å². The van der Waals surface area contributed by atoms with Crippen molar-refractivity contribution >= 4 is 26.8 Å². The topological polar surface area (TPSA) is 34.4 Å². The third kappa shape index (κ3) is 2.89. The molecule has 0 radical (unpaired) electrons. The monoisotopic (exact) mass is 393 g/mol. The first-order valence-electron chi connectivity index (χ1n) is 7.90. The van der Waals surface area contributed by atoms with Gasteiger partial charge in [0.05, 0.1) is 18.3 Å². The van der Waals surface area contributed by atoms with E-state index in [9.17, 15) is 5.11 Å². The number of ether oxygens (including phenoxy) is 1. The number of aromatic nitrogens is 1. The predicted molar refractivity (Wildman–Crippen MR) is 105 cm³/mol. The summed E-state index contributed by atoms with van der Waals surface area (Å²) < 4.78 is 8.60. The fraction of sp³-hybridized carbons (Fsp3) is 0.0476. The Morgan fingerprint density at radius 3 is 2.28 bits per heavy atom. The van der Waals surface area contributed by atoms with E-state index in [0.29, 0.717) is 0 Å². The minimum absolute atomic E-state index is 0.257. The van der Waals surface area contributed by atoms with Gasteiger partial charge in [-0.15, -0.1) is 0 Å². The van der Waals surface area contributed by atoms with Crippen LogP contribution < -0.4 is 4.74 Å². The number of nitrogens with zero attached hydrogens (tertiary/aromatic N) is 1. The third-order valence-electron chi connectivity index (χ3n) is 4.26. The normalized spacial score (nSPS) is 11.0. The van der Waals surface area contributed by atoms with Crippen molar-refractivity contribution in [2.75, 3.05) is 7.11 Å². The molecule has 0 saturated heterocycles. The molecule has 4 aromatic rings. The van der Waals surface area contributed by atoms with Crippen LogP contribution in [0.15, 0.2) is 77.3 Å². The van der Waals surface area contributed by atoms with Crippen molar-refractivity contribution in [1.29, 1.82) is 0 Å². The average Bonchev–Trinajstić information content (AvgIpc) is 3.01. The van der Waals surface area contributed by atoms with Gasteiger partial charge in [-0.05, 0) is 66.2 Å². The van der Waals surface area contributed by atoms with Crippen LogP contribution in [0.1, 0.15) is 0 Å². The number of hydrogen-bond donors (Lipinski definition) is 1. The molecule has 0 aliphatic heterocycles. The van der Waals surface area contributed by atoms with Gasteiger partial charge < -0.3 is 14.4 Å². The Kier molecular flexibility index (Phi) is 3.98. The summed E-state index contributed by atoms with van der Waals surface area (Å²) in [4.78, 5) is 0. The van der Waals surface area contributed by atoms with Crippen molar-refractivity contribution < 1.29 is 9.84 Å². The molecule has 0 atom stereocenters. The van der Waals surface area contributed by atoms with Gasteiger partial charge in [0.25, 0.3) is 0 Å². The number of phenolic OH excluding ortho intramolecular Hbond substituents is 1. The van der Waals surface area contributed by atoms with Crippen LogP contribution in [0, 0.1) is 0 Å². The summed E-state index contributed by atoms with van der Waals surface area (Å²) >= 11 is 3.49. The summed E-state index contributed by atoms with van der Waals surface area (Å²) in [7, 11) is 1.67. The molecule has 0 aliphatic carbocycles. The second-order valence-corrected chi connectivity index (χ2v) is 6.73. The lowest BCUT2D eigenvalue weighted by atomic mass is 10.1. The molecule has 4 rings (SSSR count). The van der Waals surface area contributed by atoms with E-state index in [1.165, 1.54) is 0 Å². The SMILES string of the molecule is COc1ccc2c(c1)cc(-c1ccc(Br)cc1)n2-c1ccc(O)cc1. The molecule has 0 fully saturated rings. The Morgan fingerprint density at radius 1 is 0.880 bits per heavy atom. The molecule has 1 aromatic heterocycles. The summed E-state index contributed by atoms with van der Waals surface area (Å²) in [5, 5.41) is 10.7. The Morgan fingerprint density at radius 2 is 1.60 bits per heavy atom. The van der Waals surface area contributed by atoms with Crippen LogP contribution in [0.2, 0.25) is 0 Å². The molecular formula is C21H16BrNO2. The summed E-state index contributed by atoms with van der Waals surface area (Å²) in [6.45, 7) is 0. The van der Waals surface area contributed by atoms with Gasteiger partial charge in [0.2, 0.25) is 0 Å². The lowest BCUT2D eigenvalue weighted by Crippen LogP contribution is -1.96. The van der Waals surface area contributed by atoms with E-state index in [0.717, 1.165) is 38.1 Å². The van der Waals surface area contributed by atoms with E-state index in [1.807, 2.05) is 36.4 Å². The van der Waals surface area contributed by atoms with Gasteiger partial charge in [0.15, 0.2) is 0 Å². The van der Waals surface area contributed by atoms with E-state index in [2.05, 4.69) is 44.8 Å². The molecule has 0 aliphatic rings. The Balaban J connectivity index is 2.01. The summed E-state index contributed by atoms with van der Waals surface area (Å²) in [5.41, 5.74) is 4.29. The molecule has 25 heavy (non-hydrogen) atoms. The molecule has 0 bridgehead atoms. The van der Waals surface area contributed by atoms with Gasteiger partial charge in [0, 0.05) is 15.5 Å². The van der Waals surface area contributed by atoms with Gasteiger partial charge >= 0.3 is 0 Å². The Labute approximate surface area is 154 Å². The molecule has 124 valence electrons. The standard InChI is InChI=1S/C21H16BrNO2/c1-25-19-10-11-20-15(12-19)13-21(14-2-4-16(22)5-3-14)23(20)17-6-8-18(24)9-7-17/h2-13,24H,1H3. The molecule has 1 heterocycles. The zero-order valence-electron chi connectivity index (χ0n) is 13.6. The molecule has 3 nitrogen and oxygen atoms in total. The number of hydrogen-bond acceptors (Lipinski definition) is 2. The van der Waals surface area contributed by atoms with Gasteiger partial charge in [0.1, 0.15) is 11.5 Å². The average molecular weight is 394 g/mol. The Bertz CT molecular complexity index is 1030. The molecule has 0 amide bonds. The minimum atomic E-state index is 0.257. The first-order valence-corrected chi connectivity index (χ1v) is 8.70. The number of aromatic hydroxyl groups is 1. The van der Waals surface area contributed by atoms with Gasteiger partial charge in [-0.1, -0.05) is 28.1 Å². The van der Waals surface area contributed by atoms with Crippen molar-refractivity contribution in [3.63, 3.8) is 0 Å². The second kappa shape index (κ2) is 6.30. The van der Waals surface area contributed by atoms with Crippen molar-refractivity contribution in [1.82, 2.24) is 4.57 Å². The van der Waals surface area contributed by atoms with Crippen LogP contribution in [0.4, 0.5) is 0 Å². The van der Waals surface area contributed by atoms with Gasteiger partial charge in [-0.25, -0.2) is 0 Å². The highest BCUT2D eigenvalue weighted by molar-refractivity contribution is 9.10. The molecule has 0 saturated carbocycles. The van der Waals surface area contributed by atoms with E-state index < -0.39 is 0 Å². The van der Waals surface area contributed by atoms with E-state index in [4.69, 9.17) is 4.74 Å². The van der Waals surface area contributed by atoms with Crippen LogP contribution in [0.25, 0.3) is 27.8 Å². The molecule has 0 spiro atoms. The fourth-order valence-electron chi connectivity index (χ4n) is 3.03. The molecule has 0 unspecified atom stereocenters. The number of rotatable bonds is 3. The molecule has 3 aromatic carbocycles. The number of methoxy groups -OCH3 is 1. The molecular weight excluding hydrogens is 378 g/mol. The molecule has 4 heteroatoms. The van der Waals surface area contributed by atoms with Crippen LogP contribution in [0.5, 0.6) is 11.5 Å². The van der Waals surface area contributed by atoms with Crippen molar-refractivity contribution in [2.45, 2.75) is 0 Å². The van der Waals surface area contributed by atoms with E-state index >= 15 is 0 Å². The third-order valence-corrected chi connectivity index (χ3v) is 4.79. The van der Waals surface area contributed by atoms with E-state index in [1.54, 1.807) is 19.2 Å². The van der Waals surface area contributed by atoms with Crippen molar-refractivity contribution in [3.05, 3.63) is 77.3 Å². The van der Waals surface area contributed by atoms with Crippen LogP contribution in [-0.4, -0.2) is 16.8 Å². The quantitative estimate of drug-likeness (QED) is 0.478. The number of halogens is 1. The summed E-state index contributed by atoms with van der Waals surface area (Å²) in [5.74, 6) is 1.09. The Hall–Kier alpha value is -2.72. The lowest BCUT2D eigenvalue weighted by Gasteiger charge is -2.12. The number of fused-ring (bicyclic) bond motifs is 1. The lowest BCUT2D eigenvalue weighted by molar-refractivity contribution is 0.415. The largest absolute Gasteiger partial charge is 0.508 e. The first kappa shape index (κ1) is 15.8. The van der Waals surface area contributed by atoms with Crippen LogP contribution >= 0.6 is 15.9 Å². The first-order chi connectivity index (χ1) is 12.2. The number of benzene rings is 3. The second-order valence-electron chi connectivity index (χ2n) is 5.81. The van der Waals surface area contributed by atoms with Gasteiger partial charge in [-0.2, -0.15) is 0 Å². The maximum atomic E-state index is 9.62. The fourth-order valence-corrected chi connectivity index (χ4v) is 3.30.